The van der Waals surface area contributed by atoms with Gasteiger partial charge in [0, 0.05) is 17.8 Å². The second kappa shape index (κ2) is 10.7. The number of aromatic nitrogens is 3. The molecule has 7 nitrogen and oxygen atoms in total. The van der Waals surface area contributed by atoms with E-state index in [0.717, 1.165) is 0 Å². The number of rotatable bonds is 9. The van der Waals surface area contributed by atoms with E-state index in [9.17, 15) is 9.18 Å². The molecule has 3 aromatic rings. The molecule has 0 bridgehead atoms. The van der Waals surface area contributed by atoms with Gasteiger partial charge in [-0.1, -0.05) is 29.4 Å². The number of nitrogens with one attached hydrogen (secondary N) is 1. The van der Waals surface area contributed by atoms with E-state index in [0.29, 0.717) is 28.2 Å². The van der Waals surface area contributed by atoms with Gasteiger partial charge in [0.2, 0.25) is 5.91 Å². The molecule has 1 unspecified atom stereocenters. The Balaban J connectivity index is 1.68. The van der Waals surface area contributed by atoms with Crippen molar-refractivity contribution in [1.82, 2.24) is 14.8 Å². The Morgan fingerprint density at radius 1 is 1.19 bits per heavy atom. The highest BCUT2D eigenvalue weighted by molar-refractivity contribution is 7.99. The molecule has 0 saturated heterocycles. The number of carbonyl (C=O) groups is 1. The lowest BCUT2D eigenvalue weighted by Crippen LogP contribution is -2.16. The number of hydrogen-bond donors (Lipinski definition) is 1. The first-order valence-corrected chi connectivity index (χ1v) is 11.3. The van der Waals surface area contributed by atoms with Gasteiger partial charge in [-0.15, -0.1) is 10.2 Å². The fourth-order valence-corrected chi connectivity index (χ4v) is 4.04. The van der Waals surface area contributed by atoms with E-state index >= 15 is 0 Å². The zero-order valence-electron chi connectivity index (χ0n) is 18.1. The number of nitrogens with zero attached hydrogens (tertiary/aromatic N) is 3. The number of carbonyl (C=O) groups excluding carboxylic acids is 1. The van der Waals surface area contributed by atoms with Gasteiger partial charge in [0.05, 0.1) is 17.9 Å². The average Bonchev–Trinajstić information content (AvgIpc) is 3.19. The van der Waals surface area contributed by atoms with E-state index in [2.05, 4.69) is 15.5 Å². The summed E-state index contributed by atoms with van der Waals surface area (Å²) in [6.07, 6.45) is -0.374. The van der Waals surface area contributed by atoms with Crippen LogP contribution in [0.2, 0.25) is 5.02 Å². The van der Waals surface area contributed by atoms with Gasteiger partial charge >= 0.3 is 0 Å². The molecule has 1 aromatic heterocycles. The van der Waals surface area contributed by atoms with Crippen LogP contribution in [-0.2, 0) is 4.79 Å². The van der Waals surface area contributed by atoms with Gasteiger partial charge in [-0.3, -0.25) is 4.79 Å². The largest absolute Gasteiger partial charge is 0.497 e. The highest BCUT2D eigenvalue weighted by Crippen LogP contribution is 2.29. The van der Waals surface area contributed by atoms with E-state index in [-0.39, 0.29) is 28.8 Å². The normalized spacial score (nSPS) is 12.0. The minimum Gasteiger partial charge on any atom is -0.497 e. The second-order valence-electron chi connectivity index (χ2n) is 7.21. The summed E-state index contributed by atoms with van der Waals surface area (Å²) in [5.74, 6) is 1.30. The maximum Gasteiger partial charge on any atom is 0.234 e. The molecule has 0 aliphatic rings. The quantitative estimate of drug-likeness (QED) is 0.407. The molecule has 0 fully saturated rings. The summed E-state index contributed by atoms with van der Waals surface area (Å²) in [5, 5.41) is 11.8. The standard InChI is InChI=1S/C22H24ClFN4O3S/c1-13(2)28-21(14(3)31-17-7-5-6-16(11-17)30-4)26-27-22(28)32-12-20(29)25-15-8-9-19(24)18(23)10-15/h5-11,13-14H,12H2,1-4H3,(H,25,29). The molecule has 32 heavy (non-hydrogen) atoms. The van der Waals surface area contributed by atoms with Crippen molar-refractivity contribution in [1.29, 1.82) is 0 Å². The molecule has 1 heterocycles. The van der Waals surface area contributed by atoms with Crippen LogP contribution in [0.3, 0.4) is 0 Å². The minimum atomic E-state index is -0.540. The van der Waals surface area contributed by atoms with Crippen LogP contribution in [-0.4, -0.2) is 33.5 Å². The van der Waals surface area contributed by atoms with E-state index in [1.54, 1.807) is 13.2 Å². The SMILES string of the molecule is COc1cccc(OC(C)c2nnc(SCC(=O)Nc3ccc(F)c(Cl)c3)n2C(C)C)c1. The predicted octanol–water partition coefficient (Wildman–Crippen LogP) is 5.53. The van der Waals surface area contributed by atoms with Crippen LogP contribution in [0.15, 0.2) is 47.6 Å². The third-order valence-electron chi connectivity index (χ3n) is 4.46. The average molecular weight is 479 g/mol. The highest BCUT2D eigenvalue weighted by atomic mass is 35.5. The lowest BCUT2D eigenvalue weighted by atomic mass is 10.3. The van der Waals surface area contributed by atoms with Gasteiger partial charge < -0.3 is 19.4 Å². The van der Waals surface area contributed by atoms with Gasteiger partial charge in [0.25, 0.3) is 0 Å². The Morgan fingerprint density at radius 3 is 2.62 bits per heavy atom. The smallest absolute Gasteiger partial charge is 0.234 e. The van der Waals surface area contributed by atoms with Crippen LogP contribution in [0.25, 0.3) is 0 Å². The summed E-state index contributed by atoms with van der Waals surface area (Å²) in [5.41, 5.74) is 0.424. The monoisotopic (exact) mass is 478 g/mol. The number of anilines is 1. The Hall–Kier alpha value is -2.78. The van der Waals surface area contributed by atoms with Gasteiger partial charge in [0.1, 0.15) is 17.3 Å². The van der Waals surface area contributed by atoms with E-state index in [4.69, 9.17) is 21.1 Å². The van der Waals surface area contributed by atoms with E-state index in [1.807, 2.05) is 43.5 Å². The van der Waals surface area contributed by atoms with Gasteiger partial charge in [-0.05, 0) is 51.1 Å². The number of thioether (sulfide) groups is 1. The van der Waals surface area contributed by atoms with Crippen molar-refractivity contribution >= 4 is 35.0 Å². The maximum absolute atomic E-state index is 13.3. The highest BCUT2D eigenvalue weighted by Gasteiger charge is 2.22. The Bertz CT molecular complexity index is 1090. The minimum absolute atomic E-state index is 0.0512. The van der Waals surface area contributed by atoms with Gasteiger partial charge in [0.15, 0.2) is 17.1 Å². The van der Waals surface area contributed by atoms with Crippen LogP contribution in [0.1, 0.15) is 38.7 Å². The van der Waals surface area contributed by atoms with Crippen molar-refractivity contribution in [2.24, 2.45) is 0 Å². The molecule has 170 valence electrons. The first kappa shape index (κ1) is 23.9. The zero-order valence-corrected chi connectivity index (χ0v) is 19.7. The Kier molecular flexibility index (Phi) is 7.98. The Labute approximate surface area is 195 Å². The molecule has 3 rings (SSSR count). The first-order valence-electron chi connectivity index (χ1n) is 9.91. The predicted molar refractivity (Wildman–Crippen MR) is 123 cm³/mol. The van der Waals surface area contributed by atoms with Crippen molar-refractivity contribution in [2.45, 2.75) is 38.1 Å². The molecule has 0 aliphatic heterocycles. The number of ether oxygens (including phenoxy) is 2. The van der Waals surface area contributed by atoms with Crippen LogP contribution >= 0.6 is 23.4 Å². The number of benzene rings is 2. The molecule has 0 saturated carbocycles. The van der Waals surface area contributed by atoms with Crippen molar-refractivity contribution in [3.05, 3.63) is 59.1 Å². The van der Waals surface area contributed by atoms with Crippen molar-refractivity contribution in [3.63, 3.8) is 0 Å². The number of halogens is 2. The van der Waals surface area contributed by atoms with Crippen molar-refractivity contribution in [3.8, 4) is 11.5 Å². The Morgan fingerprint density at radius 2 is 1.94 bits per heavy atom. The second-order valence-corrected chi connectivity index (χ2v) is 8.56. The molecular formula is C22H24ClFN4O3S. The fraction of sp³-hybridized carbons (Fsp3) is 0.318. The third kappa shape index (κ3) is 5.92. The molecule has 1 atom stereocenters. The number of hydrogen-bond acceptors (Lipinski definition) is 6. The fourth-order valence-electron chi connectivity index (χ4n) is 2.98. The number of methoxy groups -OCH3 is 1. The molecule has 1 N–H and O–H groups in total. The number of amides is 1. The van der Waals surface area contributed by atoms with Crippen LogP contribution in [0, 0.1) is 5.82 Å². The summed E-state index contributed by atoms with van der Waals surface area (Å²) < 4.78 is 26.5. The van der Waals surface area contributed by atoms with Gasteiger partial charge in [-0.25, -0.2) is 4.39 Å². The summed E-state index contributed by atoms with van der Waals surface area (Å²) in [4.78, 5) is 12.3. The van der Waals surface area contributed by atoms with Crippen LogP contribution in [0.4, 0.5) is 10.1 Å². The molecule has 0 spiro atoms. The third-order valence-corrected chi connectivity index (χ3v) is 5.69. The molecule has 0 radical (unpaired) electrons. The molecular weight excluding hydrogens is 455 g/mol. The lowest BCUT2D eigenvalue weighted by molar-refractivity contribution is -0.113. The molecule has 10 heteroatoms. The summed E-state index contributed by atoms with van der Waals surface area (Å²) in [7, 11) is 1.60. The maximum atomic E-state index is 13.3. The summed E-state index contributed by atoms with van der Waals surface area (Å²) >= 11 is 7.02. The van der Waals surface area contributed by atoms with E-state index < -0.39 is 5.82 Å². The van der Waals surface area contributed by atoms with E-state index in [1.165, 1.54) is 30.0 Å². The zero-order chi connectivity index (χ0) is 23.3. The van der Waals surface area contributed by atoms with Crippen molar-refractivity contribution in [2.75, 3.05) is 18.2 Å². The summed E-state index contributed by atoms with van der Waals surface area (Å²) in [6.45, 7) is 5.91. The molecule has 0 aliphatic carbocycles. The van der Waals surface area contributed by atoms with Crippen molar-refractivity contribution < 1.29 is 18.7 Å². The van der Waals surface area contributed by atoms with Gasteiger partial charge in [-0.2, -0.15) is 0 Å². The molecule has 2 aromatic carbocycles. The van der Waals surface area contributed by atoms with Crippen LogP contribution < -0.4 is 14.8 Å². The van der Waals surface area contributed by atoms with Crippen LogP contribution in [0.5, 0.6) is 11.5 Å². The topological polar surface area (TPSA) is 78.3 Å². The lowest BCUT2D eigenvalue weighted by Gasteiger charge is -2.19. The summed E-state index contributed by atoms with van der Waals surface area (Å²) in [6, 6.07) is 11.4. The molecule has 1 amide bonds. The first-order chi connectivity index (χ1) is 15.3.